The highest BCUT2D eigenvalue weighted by atomic mass is 32.2. The van der Waals surface area contributed by atoms with Crippen LogP contribution in [0.3, 0.4) is 0 Å². The molecule has 0 fully saturated rings. The smallest absolute Gasteiger partial charge is 0.376 e. The topological polar surface area (TPSA) is 99.9 Å². The molecule has 0 spiro atoms. The molecule has 0 saturated heterocycles. The highest BCUT2D eigenvalue weighted by molar-refractivity contribution is 7.84. The number of carbonyl (C=O) groups is 1. The van der Waals surface area contributed by atoms with Crippen molar-refractivity contribution in [1.82, 2.24) is 24.7 Å². The Hall–Kier alpha value is -2.16. The Bertz CT molecular complexity index is 612. The molecule has 94 valence electrons. The Kier molecular flexibility index (Phi) is 3.42. The number of esters is 1. The van der Waals surface area contributed by atoms with Gasteiger partial charge in [-0.05, 0) is 6.07 Å². The number of ether oxygens (including phenoxy) is 1. The van der Waals surface area contributed by atoms with Crippen molar-refractivity contribution in [3.8, 4) is 5.82 Å². The Morgan fingerprint density at radius 1 is 1.50 bits per heavy atom. The molecular weight excluding hydrogens is 258 g/mol. The van der Waals surface area contributed by atoms with E-state index in [-0.39, 0.29) is 11.0 Å². The molecule has 0 amide bonds. The average molecular weight is 267 g/mol. The lowest BCUT2D eigenvalue weighted by molar-refractivity contribution is 0.0586. The highest BCUT2D eigenvalue weighted by Gasteiger charge is 2.14. The van der Waals surface area contributed by atoms with Crippen molar-refractivity contribution in [2.45, 2.75) is 5.16 Å². The SMILES string of the molecule is COC(=O)c1nccc(-n2cnnc2S(C)=O)n1. The Balaban J connectivity index is 2.48. The van der Waals surface area contributed by atoms with Crippen LogP contribution in [0.2, 0.25) is 0 Å². The van der Waals surface area contributed by atoms with Crippen LogP contribution in [0.1, 0.15) is 10.6 Å². The van der Waals surface area contributed by atoms with Crippen LogP contribution in [0, 0.1) is 0 Å². The fourth-order valence-electron chi connectivity index (χ4n) is 1.25. The predicted octanol–water partition coefficient (Wildman–Crippen LogP) is -0.419. The van der Waals surface area contributed by atoms with E-state index in [9.17, 15) is 9.00 Å². The van der Waals surface area contributed by atoms with E-state index in [0.29, 0.717) is 5.82 Å². The van der Waals surface area contributed by atoms with Crippen molar-refractivity contribution in [3.63, 3.8) is 0 Å². The summed E-state index contributed by atoms with van der Waals surface area (Å²) in [5.41, 5.74) is 0. The third kappa shape index (κ3) is 2.25. The first kappa shape index (κ1) is 12.3. The average Bonchev–Trinajstić information content (AvgIpc) is 2.87. The fourth-order valence-corrected chi connectivity index (χ4v) is 1.83. The van der Waals surface area contributed by atoms with Crippen molar-refractivity contribution in [2.24, 2.45) is 0 Å². The number of carbonyl (C=O) groups excluding carboxylic acids is 1. The van der Waals surface area contributed by atoms with Gasteiger partial charge in [0.15, 0.2) is 0 Å². The van der Waals surface area contributed by atoms with Gasteiger partial charge in [-0.3, -0.25) is 8.78 Å². The maximum Gasteiger partial charge on any atom is 0.376 e. The van der Waals surface area contributed by atoms with Crippen LogP contribution in [0.5, 0.6) is 0 Å². The molecule has 0 aliphatic rings. The summed E-state index contributed by atoms with van der Waals surface area (Å²) < 4.78 is 17.4. The molecule has 1 atom stereocenters. The molecule has 0 aromatic carbocycles. The van der Waals surface area contributed by atoms with Gasteiger partial charge in [0.2, 0.25) is 11.0 Å². The van der Waals surface area contributed by atoms with Gasteiger partial charge in [0.05, 0.1) is 17.9 Å². The van der Waals surface area contributed by atoms with Crippen molar-refractivity contribution in [1.29, 1.82) is 0 Å². The lowest BCUT2D eigenvalue weighted by atomic mass is 10.5. The summed E-state index contributed by atoms with van der Waals surface area (Å²) in [6.45, 7) is 0. The minimum Gasteiger partial charge on any atom is -0.463 e. The number of nitrogens with zero attached hydrogens (tertiary/aromatic N) is 5. The summed E-state index contributed by atoms with van der Waals surface area (Å²) >= 11 is 0. The van der Waals surface area contributed by atoms with Crippen LogP contribution in [0.4, 0.5) is 0 Å². The number of rotatable bonds is 3. The van der Waals surface area contributed by atoms with Crippen LogP contribution < -0.4 is 0 Å². The second-order valence-electron chi connectivity index (χ2n) is 3.17. The first-order chi connectivity index (χ1) is 8.63. The van der Waals surface area contributed by atoms with Gasteiger partial charge >= 0.3 is 5.97 Å². The van der Waals surface area contributed by atoms with E-state index >= 15 is 0 Å². The first-order valence-corrected chi connectivity index (χ1v) is 6.34. The van der Waals surface area contributed by atoms with Crippen LogP contribution in [-0.4, -0.2) is 48.3 Å². The molecule has 2 heterocycles. The maximum absolute atomic E-state index is 11.4. The van der Waals surface area contributed by atoms with E-state index in [1.54, 1.807) is 6.07 Å². The molecule has 2 aromatic rings. The molecule has 2 rings (SSSR count). The lowest BCUT2D eigenvalue weighted by Gasteiger charge is -2.04. The van der Waals surface area contributed by atoms with Crippen molar-refractivity contribution < 1.29 is 13.7 Å². The third-order valence-electron chi connectivity index (χ3n) is 2.03. The summed E-state index contributed by atoms with van der Waals surface area (Å²) in [5.74, 6) is -0.388. The molecule has 0 saturated carbocycles. The molecule has 0 bridgehead atoms. The lowest BCUT2D eigenvalue weighted by Crippen LogP contribution is -2.11. The predicted molar refractivity (Wildman–Crippen MR) is 60.6 cm³/mol. The van der Waals surface area contributed by atoms with Gasteiger partial charge < -0.3 is 4.74 Å². The minimum atomic E-state index is -1.32. The van der Waals surface area contributed by atoms with Crippen molar-refractivity contribution in [3.05, 3.63) is 24.4 Å². The molecule has 8 nitrogen and oxygen atoms in total. The Morgan fingerprint density at radius 3 is 2.94 bits per heavy atom. The Morgan fingerprint density at radius 2 is 2.28 bits per heavy atom. The summed E-state index contributed by atoms with van der Waals surface area (Å²) in [5, 5.41) is 7.62. The van der Waals surface area contributed by atoms with E-state index in [0.717, 1.165) is 0 Å². The molecule has 0 aliphatic heterocycles. The van der Waals surface area contributed by atoms with E-state index in [1.807, 2.05) is 0 Å². The second kappa shape index (κ2) is 5.00. The highest BCUT2D eigenvalue weighted by Crippen LogP contribution is 2.09. The molecule has 1 unspecified atom stereocenters. The van der Waals surface area contributed by atoms with Gasteiger partial charge in [0, 0.05) is 12.5 Å². The summed E-state index contributed by atoms with van der Waals surface area (Å²) in [4.78, 5) is 19.1. The monoisotopic (exact) mass is 267 g/mol. The van der Waals surface area contributed by atoms with E-state index < -0.39 is 16.8 Å². The van der Waals surface area contributed by atoms with Crippen LogP contribution in [-0.2, 0) is 15.5 Å². The fraction of sp³-hybridized carbons (Fsp3) is 0.222. The number of hydrogen-bond acceptors (Lipinski definition) is 7. The van der Waals surface area contributed by atoms with Gasteiger partial charge in [-0.2, -0.15) is 0 Å². The van der Waals surface area contributed by atoms with Crippen molar-refractivity contribution in [2.75, 3.05) is 13.4 Å². The molecule has 18 heavy (non-hydrogen) atoms. The van der Waals surface area contributed by atoms with E-state index in [4.69, 9.17) is 0 Å². The zero-order valence-electron chi connectivity index (χ0n) is 9.60. The van der Waals surface area contributed by atoms with Gasteiger partial charge in [-0.25, -0.2) is 14.8 Å². The molecular formula is C9H9N5O3S. The third-order valence-corrected chi connectivity index (χ3v) is 2.82. The van der Waals surface area contributed by atoms with Crippen LogP contribution in [0.25, 0.3) is 5.82 Å². The second-order valence-corrected chi connectivity index (χ2v) is 4.44. The summed E-state index contributed by atoms with van der Waals surface area (Å²) in [7, 11) is -0.0765. The van der Waals surface area contributed by atoms with E-state index in [1.165, 1.54) is 30.5 Å². The number of methoxy groups -OCH3 is 1. The van der Waals surface area contributed by atoms with Crippen molar-refractivity contribution >= 4 is 16.8 Å². The van der Waals surface area contributed by atoms with Gasteiger partial charge in [-0.1, -0.05) is 0 Å². The molecule has 9 heteroatoms. The maximum atomic E-state index is 11.4. The quantitative estimate of drug-likeness (QED) is 0.696. The number of aromatic nitrogens is 5. The molecule has 0 radical (unpaired) electrons. The standard InChI is InChI=1S/C9H9N5O3S/c1-17-8(15)7-10-4-3-6(12-7)14-5-11-13-9(14)18(2)16/h3-5H,1-2H3. The van der Waals surface area contributed by atoms with Gasteiger partial charge in [0.25, 0.3) is 0 Å². The zero-order valence-corrected chi connectivity index (χ0v) is 10.4. The van der Waals surface area contributed by atoms with E-state index in [2.05, 4.69) is 24.9 Å². The Labute approximate surface area is 104 Å². The molecule has 2 aromatic heterocycles. The van der Waals surface area contributed by atoms with Gasteiger partial charge in [0.1, 0.15) is 12.1 Å². The minimum absolute atomic E-state index is 0.0865. The largest absolute Gasteiger partial charge is 0.463 e. The normalized spacial score (nSPS) is 12.1. The van der Waals surface area contributed by atoms with Gasteiger partial charge in [-0.15, -0.1) is 10.2 Å². The summed E-state index contributed by atoms with van der Waals surface area (Å²) in [6.07, 6.45) is 4.24. The number of hydrogen-bond donors (Lipinski definition) is 0. The van der Waals surface area contributed by atoms with Crippen LogP contribution >= 0.6 is 0 Å². The molecule has 0 aliphatic carbocycles. The zero-order chi connectivity index (χ0) is 13.1. The first-order valence-electron chi connectivity index (χ1n) is 4.78. The van der Waals surface area contributed by atoms with Crippen LogP contribution in [0.15, 0.2) is 23.7 Å². The summed E-state index contributed by atoms with van der Waals surface area (Å²) in [6, 6.07) is 1.55. The molecule has 0 N–H and O–H groups in total.